The van der Waals surface area contributed by atoms with E-state index in [1.807, 2.05) is 83.4 Å². The second-order valence-electron chi connectivity index (χ2n) is 10.1. The third-order valence-electron chi connectivity index (χ3n) is 7.52. The Labute approximate surface area is 242 Å². The molecule has 1 atom stereocenters. The normalized spacial score (nSPS) is 11.8. The quantitative estimate of drug-likeness (QED) is 0.182. The first-order valence-electron chi connectivity index (χ1n) is 14.3. The molecular weight excluding hydrogens is 510 g/mol. The van der Waals surface area contributed by atoms with Crippen molar-refractivity contribution in [1.82, 2.24) is 14.9 Å². The number of carbonyl (C=O) groups is 1. The Hall–Kier alpha value is -4.58. The maximum absolute atomic E-state index is 14.3. The molecule has 0 saturated carbocycles. The first-order chi connectivity index (χ1) is 20.1. The summed E-state index contributed by atoms with van der Waals surface area (Å²) < 4.78 is 13.1. The van der Waals surface area contributed by atoms with Gasteiger partial charge in [-0.1, -0.05) is 86.5 Å². The number of amides is 1. The van der Waals surface area contributed by atoms with Gasteiger partial charge in [-0.15, -0.1) is 0 Å². The second kappa shape index (κ2) is 12.7. The van der Waals surface area contributed by atoms with Crippen LogP contribution in [0, 0.1) is 0 Å². The summed E-state index contributed by atoms with van der Waals surface area (Å²) in [5, 5.41) is 5.48. The van der Waals surface area contributed by atoms with Crippen molar-refractivity contribution in [3.63, 3.8) is 0 Å². The predicted molar refractivity (Wildman–Crippen MR) is 166 cm³/mol. The minimum Gasteiger partial charge on any atom is -0.497 e. The van der Waals surface area contributed by atoms with Crippen molar-refractivity contribution in [3.05, 3.63) is 102 Å². The van der Waals surface area contributed by atoms with E-state index in [4.69, 9.17) is 14.5 Å². The molecule has 5 aromatic rings. The lowest BCUT2D eigenvalue weighted by molar-refractivity contribution is 0.0925. The predicted octanol–water partition coefficient (Wildman–Crippen LogP) is 8.07. The van der Waals surface area contributed by atoms with E-state index in [1.54, 1.807) is 14.2 Å². The standard InChI is InChI=1S/C35H37N3O3/c1-5-7-16-30(29-15-11-12-17-31(29)41-4)36-35(39)33-32(37-34(38(33)6-2)24-13-9-8-10-14-24)27-19-18-26-23-28(40-3)21-20-25(26)22-27/h8-15,17-23,30H,5-7,16H2,1-4H3,(H,36,39). The first-order valence-corrected chi connectivity index (χ1v) is 14.3. The molecule has 0 aliphatic heterocycles. The molecule has 0 fully saturated rings. The van der Waals surface area contributed by atoms with Gasteiger partial charge in [-0.25, -0.2) is 4.98 Å². The number of hydrogen-bond acceptors (Lipinski definition) is 4. The molecule has 41 heavy (non-hydrogen) atoms. The van der Waals surface area contributed by atoms with Gasteiger partial charge in [-0.05, 0) is 48.4 Å². The lowest BCUT2D eigenvalue weighted by Crippen LogP contribution is -2.31. The molecule has 6 nitrogen and oxygen atoms in total. The number of aromatic nitrogens is 2. The second-order valence-corrected chi connectivity index (χ2v) is 10.1. The summed E-state index contributed by atoms with van der Waals surface area (Å²) in [6.45, 7) is 4.81. The van der Waals surface area contributed by atoms with Gasteiger partial charge in [-0.2, -0.15) is 0 Å². The fourth-order valence-corrected chi connectivity index (χ4v) is 5.39. The van der Waals surface area contributed by atoms with E-state index in [1.165, 1.54) is 0 Å². The zero-order valence-corrected chi connectivity index (χ0v) is 24.2. The highest BCUT2D eigenvalue weighted by atomic mass is 16.5. The van der Waals surface area contributed by atoms with Crippen LogP contribution in [-0.2, 0) is 6.54 Å². The van der Waals surface area contributed by atoms with Gasteiger partial charge in [0.1, 0.15) is 28.7 Å². The van der Waals surface area contributed by atoms with Crippen molar-refractivity contribution >= 4 is 16.7 Å². The van der Waals surface area contributed by atoms with Crippen LogP contribution < -0.4 is 14.8 Å². The molecule has 0 spiro atoms. The Morgan fingerprint density at radius 3 is 2.32 bits per heavy atom. The Morgan fingerprint density at radius 2 is 1.59 bits per heavy atom. The number of nitrogens with zero attached hydrogens (tertiary/aromatic N) is 2. The molecule has 210 valence electrons. The van der Waals surface area contributed by atoms with Gasteiger partial charge < -0.3 is 19.4 Å². The van der Waals surface area contributed by atoms with E-state index in [2.05, 4.69) is 31.3 Å². The van der Waals surface area contributed by atoms with Crippen molar-refractivity contribution in [2.45, 2.75) is 45.7 Å². The smallest absolute Gasteiger partial charge is 0.270 e. The van der Waals surface area contributed by atoms with Gasteiger partial charge >= 0.3 is 0 Å². The molecule has 5 rings (SSSR count). The van der Waals surface area contributed by atoms with Crippen LogP contribution in [-0.4, -0.2) is 29.7 Å². The van der Waals surface area contributed by atoms with Crippen molar-refractivity contribution in [1.29, 1.82) is 0 Å². The van der Waals surface area contributed by atoms with Crippen molar-refractivity contribution < 1.29 is 14.3 Å². The van der Waals surface area contributed by atoms with Crippen LogP contribution in [0.25, 0.3) is 33.4 Å². The average molecular weight is 548 g/mol. The van der Waals surface area contributed by atoms with Crippen LogP contribution in [0.4, 0.5) is 0 Å². The number of benzene rings is 4. The maximum Gasteiger partial charge on any atom is 0.270 e. The molecular formula is C35H37N3O3. The number of nitrogens with one attached hydrogen (secondary N) is 1. The SMILES string of the molecule is CCCCC(NC(=O)c1c(-c2ccc3cc(OC)ccc3c2)nc(-c2ccccc2)n1CC)c1ccccc1OC. The lowest BCUT2D eigenvalue weighted by Gasteiger charge is -2.22. The Kier molecular flexibility index (Phi) is 8.68. The van der Waals surface area contributed by atoms with Gasteiger partial charge in [0.25, 0.3) is 5.91 Å². The summed E-state index contributed by atoms with van der Waals surface area (Å²) in [5.41, 5.74) is 4.04. The van der Waals surface area contributed by atoms with Crippen LogP contribution in [0.15, 0.2) is 91.0 Å². The third kappa shape index (κ3) is 5.82. The molecule has 1 aromatic heterocycles. The Morgan fingerprint density at radius 1 is 0.854 bits per heavy atom. The topological polar surface area (TPSA) is 65.4 Å². The van der Waals surface area contributed by atoms with Gasteiger partial charge in [0.15, 0.2) is 0 Å². The number of methoxy groups -OCH3 is 2. The first kappa shape index (κ1) is 28.0. The number of imidazole rings is 1. The molecule has 1 heterocycles. The molecule has 1 unspecified atom stereocenters. The summed E-state index contributed by atoms with van der Waals surface area (Å²) in [6.07, 6.45) is 2.81. The van der Waals surface area contributed by atoms with Crippen molar-refractivity contribution in [2.75, 3.05) is 14.2 Å². The van der Waals surface area contributed by atoms with Crippen LogP contribution in [0.2, 0.25) is 0 Å². The zero-order valence-electron chi connectivity index (χ0n) is 24.2. The summed E-state index contributed by atoms with van der Waals surface area (Å²) >= 11 is 0. The van der Waals surface area contributed by atoms with E-state index in [9.17, 15) is 4.79 Å². The highest BCUT2D eigenvalue weighted by molar-refractivity contribution is 6.01. The van der Waals surface area contributed by atoms with E-state index >= 15 is 0 Å². The fourth-order valence-electron chi connectivity index (χ4n) is 5.39. The van der Waals surface area contributed by atoms with Crippen molar-refractivity contribution in [2.24, 2.45) is 0 Å². The molecule has 0 saturated heterocycles. The minimum absolute atomic E-state index is 0.154. The van der Waals surface area contributed by atoms with Gasteiger partial charge in [0, 0.05) is 23.2 Å². The summed E-state index contributed by atoms with van der Waals surface area (Å²) in [4.78, 5) is 19.4. The summed E-state index contributed by atoms with van der Waals surface area (Å²) in [5.74, 6) is 2.19. The van der Waals surface area contributed by atoms with E-state index in [0.29, 0.717) is 17.9 Å². The van der Waals surface area contributed by atoms with Gasteiger partial charge in [-0.3, -0.25) is 4.79 Å². The van der Waals surface area contributed by atoms with Crippen LogP contribution in [0.5, 0.6) is 11.5 Å². The molecule has 4 aromatic carbocycles. The highest BCUT2D eigenvalue weighted by Gasteiger charge is 2.27. The fraction of sp³-hybridized carbons (Fsp3) is 0.257. The van der Waals surface area contributed by atoms with Gasteiger partial charge in [0.05, 0.1) is 20.3 Å². The van der Waals surface area contributed by atoms with Crippen LogP contribution >= 0.6 is 0 Å². The van der Waals surface area contributed by atoms with Crippen LogP contribution in [0.1, 0.15) is 55.2 Å². The molecule has 0 radical (unpaired) electrons. The maximum atomic E-state index is 14.3. The number of unbranched alkanes of at least 4 members (excludes halogenated alkanes) is 1. The molecule has 1 N–H and O–H groups in total. The molecule has 0 aliphatic rings. The van der Waals surface area contributed by atoms with E-state index in [-0.39, 0.29) is 11.9 Å². The number of hydrogen-bond donors (Lipinski definition) is 1. The average Bonchev–Trinajstić information content (AvgIpc) is 3.42. The largest absolute Gasteiger partial charge is 0.497 e. The number of carbonyl (C=O) groups excluding carboxylic acids is 1. The van der Waals surface area contributed by atoms with Gasteiger partial charge in [0.2, 0.25) is 0 Å². The highest BCUT2D eigenvalue weighted by Crippen LogP contribution is 2.34. The Bertz CT molecular complexity index is 1640. The van der Waals surface area contributed by atoms with E-state index in [0.717, 1.165) is 64.0 Å². The number of rotatable bonds is 11. The molecule has 0 bridgehead atoms. The monoisotopic (exact) mass is 547 g/mol. The number of ether oxygens (including phenoxy) is 2. The molecule has 1 amide bonds. The number of fused-ring (bicyclic) bond motifs is 1. The summed E-state index contributed by atoms with van der Waals surface area (Å²) in [7, 11) is 3.34. The Balaban J connectivity index is 1.64. The molecule has 0 aliphatic carbocycles. The van der Waals surface area contributed by atoms with E-state index < -0.39 is 0 Å². The summed E-state index contributed by atoms with van der Waals surface area (Å²) in [6, 6.07) is 29.9. The zero-order chi connectivity index (χ0) is 28.8. The third-order valence-corrected chi connectivity index (χ3v) is 7.52. The number of para-hydroxylation sites is 1. The van der Waals surface area contributed by atoms with Crippen molar-refractivity contribution in [3.8, 4) is 34.1 Å². The molecule has 6 heteroatoms. The minimum atomic E-state index is -0.198. The lowest BCUT2D eigenvalue weighted by atomic mass is 9.99. The van der Waals surface area contributed by atoms with Crippen LogP contribution in [0.3, 0.4) is 0 Å².